The number of benzene rings is 3. The van der Waals surface area contributed by atoms with Gasteiger partial charge in [0.2, 0.25) is 5.91 Å². The lowest BCUT2D eigenvalue weighted by molar-refractivity contribution is -0.115. The van der Waals surface area contributed by atoms with Crippen LogP contribution >= 0.6 is 0 Å². The van der Waals surface area contributed by atoms with Gasteiger partial charge in [-0.15, -0.1) is 0 Å². The van der Waals surface area contributed by atoms with Crippen LogP contribution in [-0.4, -0.2) is 60.1 Å². The van der Waals surface area contributed by atoms with E-state index in [1.54, 1.807) is 24.3 Å². The van der Waals surface area contributed by atoms with Crippen molar-refractivity contribution in [1.29, 1.82) is 0 Å². The maximum absolute atomic E-state index is 13.3. The highest BCUT2D eigenvalue weighted by molar-refractivity contribution is 6.24. The smallest absolute Gasteiger partial charge is 0.253 e. The van der Waals surface area contributed by atoms with Gasteiger partial charge in [0.05, 0.1) is 11.4 Å². The Hall–Kier alpha value is -4.30. The van der Waals surface area contributed by atoms with E-state index in [4.69, 9.17) is 4.99 Å². The van der Waals surface area contributed by atoms with Crippen LogP contribution in [-0.2, 0) is 4.79 Å². The lowest BCUT2D eigenvalue weighted by Crippen LogP contribution is -2.55. The molecule has 5 rings (SSSR count). The molecule has 3 N–H and O–H groups in total. The minimum absolute atomic E-state index is 0.000949. The number of amides is 3. The van der Waals surface area contributed by atoms with Gasteiger partial charge in [-0.05, 0) is 68.3 Å². The quantitative estimate of drug-likeness (QED) is 0.423. The van der Waals surface area contributed by atoms with Gasteiger partial charge in [-0.2, -0.15) is 0 Å². The molecule has 3 aromatic carbocycles. The average molecular weight is 524 g/mol. The SMILES string of the molecule is CCNC(=O)c1ccc2c(c1)NC(=O)C2C(=Nc1ccc(C(=O)N2C[C@@H](C)N[C@@H](C)C2)cc1)c1ccccc1. The number of aliphatic imine (C=N–C) groups is 1. The van der Waals surface area contributed by atoms with Gasteiger partial charge >= 0.3 is 0 Å². The molecule has 200 valence electrons. The molecule has 1 saturated heterocycles. The number of carbonyl (C=O) groups excluding carboxylic acids is 3. The molecule has 0 bridgehead atoms. The van der Waals surface area contributed by atoms with Gasteiger partial charge in [0.25, 0.3) is 11.8 Å². The van der Waals surface area contributed by atoms with E-state index >= 15 is 0 Å². The van der Waals surface area contributed by atoms with E-state index < -0.39 is 5.92 Å². The summed E-state index contributed by atoms with van der Waals surface area (Å²) in [6, 6.07) is 22.6. The zero-order valence-electron chi connectivity index (χ0n) is 22.4. The predicted molar refractivity (Wildman–Crippen MR) is 153 cm³/mol. The molecule has 2 aliphatic heterocycles. The number of hydrogen-bond donors (Lipinski definition) is 3. The highest BCUT2D eigenvalue weighted by Crippen LogP contribution is 2.37. The van der Waals surface area contributed by atoms with Gasteiger partial charge < -0.3 is 20.9 Å². The zero-order valence-corrected chi connectivity index (χ0v) is 22.4. The summed E-state index contributed by atoms with van der Waals surface area (Å²) in [4.78, 5) is 45.5. The second-order valence-corrected chi connectivity index (χ2v) is 10.2. The van der Waals surface area contributed by atoms with Crippen molar-refractivity contribution in [1.82, 2.24) is 15.5 Å². The Balaban J connectivity index is 1.47. The number of nitrogens with one attached hydrogen (secondary N) is 3. The Morgan fingerprint density at radius 1 is 0.923 bits per heavy atom. The normalized spacial score (nSPS) is 20.8. The lowest BCUT2D eigenvalue weighted by atomic mass is 9.90. The van der Waals surface area contributed by atoms with Gasteiger partial charge in [0, 0.05) is 48.5 Å². The van der Waals surface area contributed by atoms with Crippen LogP contribution in [0.3, 0.4) is 0 Å². The summed E-state index contributed by atoms with van der Waals surface area (Å²) in [5.74, 6) is -1.03. The largest absolute Gasteiger partial charge is 0.352 e. The number of piperazine rings is 1. The molecule has 0 spiro atoms. The Kier molecular flexibility index (Phi) is 7.56. The van der Waals surface area contributed by atoms with Gasteiger partial charge in [0.15, 0.2) is 0 Å². The molecule has 0 saturated carbocycles. The number of carbonyl (C=O) groups is 3. The molecule has 2 aliphatic rings. The Bertz CT molecular complexity index is 1410. The molecule has 3 atom stereocenters. The molecule has 8 nitrogen and oxygen atoms in total. The highest BCUT2D eigenvalue weighted by Gasteiger charge is 2.36. The standard InChI is InChI=1S/C31H33N5O3/c1-4-32-29(37)23-12-15-25-26(16-23)35-30(38)27(25)28(21-8-6-5-7-9-21)34-24-13-10-22(11-14-24)31(39)36-17-19(2)33-20(3)18-36/h5-16,19-20,27,33H,4,17-18H2,1-3H3,(H,32,37)(H,35,38)/t19-,20+,27?. The third-order valence-corrected chi connectivity index (χ3v) is 7.04. The van der Waals surface area contributed by atoms with Crippen molar-refractivity contribution >= 4 is 34.8 Å². The fourth-order valence-electron chi connectivity index (χ4n) is 5.34. The number of nitrogens with zero attached hydrogens (tertiary/aromatic N) is 2. The maximum Gasteiger partial charge on any atom is 0.253 e. The van der Waals surface area contributed by atoms with E-state index in [-0.39, 0.29) is 29.8 Å². The van der Waals surface area contributed by atoms with Crippen molar-refractivity contribution < 1.29 is 14.4 Å². The third-order valence-electron chi connectivity index (χ3n) is 7.04. The van der Waals surface area contributed by atoms with Gasteiger partial charge in [-0.3, -0.25) is 19.4 Å². The van der Waals surface area contributed by atoms with E-state index in [2.05, 4.69) is 29.8 Å². The van der Waals surface area contributed by atoms with Crippen molar-refractivity contribution in [2.75, 3.05) is 25.0 Å². The van der Waals surface area contributed by atoms with Crippen molar-refractivity contribution in [2.24, 2.45) is 4.99 Å². The summed E-state index contributed by atoms with van der Waals surface area (Å²) >= 11 is 0. The van der Waals surface area contributed by atoms with Crippen LogP contribution in [0.2, 0.25) is 0 Å². The molecular weight excluding hydrogens is 490 g/mol. The molecule has 8 heteroatoms. The minimum Gasteiger partial charge on any atom is -0.352 e. The van der Waals surface area contributed by atoms with Crippen LogP contribution < -0.4 is 16.0 Å². The predicted octanol–water partition coefficient (Wildman–Crippen LogP) is 4.12. The topological polar surface area (TPSA) is 103 Å². The van der Waals surface area contributed by atoms with E-state index in [9.17, 15) is 14.4 Å². The van der Waals surface area contributed by atoms with Crippen LogP contribution in [0.1, 0.15) is 58.5 Å². The van der Waals surface area contributed by atoms with Crippen LogP contribution in [0.5, 0.6) is 0 Å². The summed E-state index contributed by atoms with van der Waals surface area (Å²) in [7, 11) is 0. The fourth-order valence-corrected chi connectivity index (χ4v) is 5.34. The summed E-state index contributed by atoms with van der Waals surface area (Å²) in [6.07, 6.45) is 0. The summed E-state index contributed by atoms with van der Waals surface area (Å²) in [6.45, 7) is 7.88. The molecule has 1 fully saturated rings. The fraction of sp³-hybridized carbons (Fsp3) is 0.290. The number of hydrogen-bond acceptors (Lipinski definition) is 5. The minimum atomic E-state index is -0.643. The van der Waals surface area contributed by atoms with Crippen LogP contribution in [0.4, 0.5) is 11.4 Å². The Labute approximate surface area is 228 Å². The molecule has 3 aromatic rings. The van der Waals surface area contributed by atoms with Crippen molar-refractivity contribution in [3.63, 3.8) is 0 Å². The van der Waals surface area contributed by atoms with Crippen LogP contribution in [0.15, 0.2) is 77.8 Å². The molecule has 0 radical (unpaired) electrons. The molecule has 0 aromatic heterocycles. The number of anilines is 1. The first-order chi connectivity index (χ1) is 18.8. The van der Waals surface area contributed by atoms with Crippen LogP contribution in [0, 0.1) is 0 Å². The molecule has 39 heavy (non-hydrogen) atoms. The van der Waals surface area contributed by atoms with E-state index in [0.717, 1.165) is 11.1 Å². The monoisotopic (exact) mass is 523 g/mol. The van der Waals surface area contributed by atoms with E-state index in [1.165, 1.54) is 0 Å². The third kappa shape index (κ3) is 5.61. The second kappa shape index (κ2) is 11.2. The summed E-state index contributed by atoms with van der Waals surface area (Å²) < 4.78 is 0. The van der Waals surface area contributed by atoms with E-state index in [0.29, 0.717) is 47.8 Å². The Morgan fingerprint density at radius 3 is 2.26 bits per heavy atom. The molecule has 3 amide bonds. The summed E-state index contributed by atoms with van der Waals surface area (Å²) in [5, 5.41) is 9.17. The number of fused-ring (bicyclic) bond motifs is 1. The summed E-state index contributed by atoms with van der Waals surface area (Å²) in [5.41, 5.74) is 4.54. The van der Waals surface area contributed by atoms with E-state index in [1.807, 2.05) is 60.4 Å². The molecule has 2 heterocycles. The zero-order chi connectivity index (χ0) is 27.5. The first-order valence-electron chi connectivity index (χ1n) is 13.4. The number of rotatable bonds is 6. The van der Waals surface area contributed by atoms with Gasteiger partial charge in [0.1, 0.15) is 5.92 Å². The first kappa shape index (κ1) is 26.3. The Morgan fingerprint density at radius 2 is 1.59 bits per heavy atom. The molecule has 1 unspecified atom stereocenters. The highest BCUT2D eigenvalue weighted by atomic mass is 16.2. The maximum atomic E-state index is 13.3. The first-order valence-corrected chi connectivity index (χ1v) is 13.4. The second-order valence-electron chi connectivity index (χ2n) is 10.2. The van der Waals surface area contributed by atoms with Gasteiger partial charge in [-0.25, -0.2) is 0 Å². The molecule has 0 aliphatic carbocycles. The van der Waals surface area contributed by atoms with Crippen molar-refractivity contribution in [3.05, 3.63) is 95.1 Å². The van der Waals surface area contributed by atoms with Crippen LogP contribution in [0.25, 0.3) is 0 Å². The molecular formula is C31H33N5O3. The average Bonchev–Trinajstić information content (AvgIpc) is 3.26. The van der Waals surface area contributed by atoms with Crippen molar-refractivity contribution in [2.45, 2.75) is 38.8 Å². The van der Waals surface area contributed by atoms with Crippen molar-refractivity contribution in [3.8, 4) is 0 Å². The van der Waals surface area contributed by atoms with Gasteiger partial charge in [-0.1, -0.05) is 36.4 Å². The lowest BCUT2D eigenvalue weighted by Gasteiger charge is -2.36.